The van der Waals surface area contributed by atoms with Gasteiger partial charge in [-0.25, -0.2) is 0 Å². The number of rotatable bonds is 52. The minimum absolute atomic E-state index is 0.245. The lowest BCUT2D eigenvalue weighted by molar-refractivity contribution is -0.379. The van der Waals surface area contributed by atoms with Crippen LogP contribution in [-0.2, 0) is 33.2 Å². The Morgan fingerprint density at radius 1 is 0.425 bits per heavy atom. The summed E-state index contributed by atoms with van der Waals surface area (Å²) in [6.45, 7) is 1.70. The number of carbonyl (C=O) groups is 1. The molecule has 0 spiro atoms. The molecule has 0 radical (unpaired) electrons. The van der Waals surface area contributed by atoms with Crippen molar-refractivity contribution in [2.75, 3.05) is 26.4 Å². The number of aliphatic hydroxyl groups excluding tert-OH is 11. The first kappa shape index (κ1) is 79.0. The monoisotopic (exact) mass is 1240 g/mol. The van der Waals surface area contributed by atoms with Crippen molar-refractivity contribution in [3.8, 4) is 0 Å². The zero-order valence-electron chi connectivity index (χ0n) is 53.5. The average Bonchev–Trinajstić information content (AvgIpc) is 1.15. The Morgan fingerprint density at radius 2 is 0.793 bits per heavy atom. The Morgan fingerprint density at radius 3 is 1.24 bits per heavy atom. The van der Waals surface area contributed by atoms with Crippen molar-refractivity contribution in [1.29, 1.82) is 0 Å². The summed E-state index contributed by atoms with van der Waals surface area (Å²) >= 11 is 0. The van der Waals surface area contributed by atoms with Gasteiger partial charge in [-0.3, -0.25) is 4.79 Å². The van der Waals surface area contributed by atoms with Gasteiger partial charge >= 0.3 is 0 Å². The lowest BCUT2D eigenvalue weighted by atomic mass is 9.96. The molecule has 3 saturated heterocycles. The molecule has 17 unspecified atom stereocenters. The number of amides is 1. The molecule has 0 aliphatic carbocycles. The van der Waals surface area contributed by atoms with Gasteiger partial charge in [-0.2, -0.15) is 0 Å². The number of hydrogen-bond donors (Lipinski definition) is 12. The minimum atomic E-state index is -1.97. The van der Waals surface area contributed by atoms with Gasteiger partial charge in [0.15, 0.2) is 18.9 Å². The van der Waals surface area contributed by atoms with Crippen LogP contribution in [0.1, 0.15) is 245 Å². The van der Waals surface area contributed by atoms with Crippen molar-refractivity contribution >= 4 is 5.91 Å². The lowest BCUT2D eigenvalue weighted by Gasteiger charge is -2.48. The third-order valence-electron chi connectivity index (χ3n) is 17.2. The molecule has 3 rings (SSSR count). The summed E-state index contributed by atoms with van der Waals surface area (Å²) in [4.78, 5) is 13.4. The molecule has 0 aromatic rings. The molecule has 3 aliphatic rings. The van der Waals surface area contributed by atoms with Crippen molar-refractivity contribution in [3.63, 3.8) is 0 Å². The van der Waals surface area contributed by atoms with Crippen LogP contribution in [0.4, 0.5) is 0 Å². The smallest absolute Gasteiger partial charge is 0.220 e. The molecular weight excluding hydrogens is 1120 g/mol. The van der Waals surface area contributed by atoms with Crippen LogP contribution in [0.15, 0.2) is 48.6 Å². The van der Waals surface area contributed by atoms with E-state index in [1.54, 1.807) is 0 Å². The predicted molar refractivity (Wildman–Crippen MR) is 337 cm³/mol. The highest BCUT2D eigenvalue weighted by Gasteiger charge is 2.53. The number of ether oxygens (including phenoxy) is 6. The first-order valence-electron chi connectivity index (χ1n) is 34.4. The highest BCUT2D eigenvalue weighted by Crippen LogP contribution is 2.33. The first-order valence-corrected chi connectivity index (χ1v) is 34.4. The average molecular weight is 1240 g/mol. The van der Waals surface area contributed by atoms with E-state index in [2.05, 4.69) is 67.8 Å². The Labute approximate surface area is 523 Å². The van der Waals surface area contributed by atoms with E-state index in [1.807, 2.05) is 0 Å². The van der Waals surface area contributed by atoms with Gasteiger partial charge in [-0.15, -0.1) is 0 Å². The van der Waals surface area contributed by atoms with Crippen molar-refractivity contribution < 1.29 is 89.4 Å². The summed E-state index contributed by atoms with van der Waals surface area (Å²) in [6.07, 6.45) is 31.8. The second-order valence-electron chi connectivity index (χ2n) is 24.6. The summed E-state index contributed by atoms with van der Waals surface area (Å²) in [7, 11) is 0. The minimum Gasteiger partial charge on any atom is -0.394 e. The van der Waals surface area contributed by atoms with Gasteiger partial charge in [-0.1, -0.05) is 236 Å². The molecule has 19 heteroatoms. The van der Waals surface area contributed by atoms with Crippen molar-refractivity contribution in [3.05, 3.63) is 48.6 Å². The molecular formula is C68H123NO18. The van der Waals surface area contributed by atoms with Crippen LogP contribution in [0.25, 0.3) is 0 Å². The molecule has 87 heavy (non-hydrogen) atoms. The molecule has 17 atom stereocenters. The van der Waals surface area contributed by atoms with Crippen LogP contribution in [0, 0.1) is 0 Å². The van der Waals surface area contributed by atoms with Crippen molar-refractivity contribution in [2.45, 2.75) is 349 Å². The predicted octanol–water partition coefficient (Wildman–Crippen LogP) is 8.61. The summed E-state index contributed by atoms with van der Waals surface area (Å²) < 4.78 is 34.4. The van der Waals surface area contributed by atoms with Crippen LogP contribution < -0.4 is 5.32 Å². The summed E-state index contributed by atoms with van der Waals surface area (Å²) in [6, 6.07) is -0.889. The Kier molecular flexibility index (Phi) is 45.7. The summed E-state index contributed by atoms with van der Waals surface area (Å²) in [5, 5.41) is 121. The van der Waals surface area contributed by atoms with Crippen LogP contribution in [-0.4, -0.2) is 193 Å². The number of nitrogens with one attached hydrogen (secondary N) is 1. The number of unbranched alkanes of at least 4 members (excludes halogenated alkanes) is 28. The van der Waals surface area contributed by atoms with Gasteiger partial charge in [-0.05, 0) is 51.4 Å². The molecule has 0 aromatic carbocycles. The second-order valence-corrected chi connectivity index (χ2v) is 24.6. The second kappa shape index (κ2) is 50.3. The maximum Gasteiger partial charge on any atom is 0.220 e. The number of hydrogen-bond acceptors (Lipinski definition) is 18. The fraction of sp³-hybridized carbons (Fsp3) is 0.868. The fourth-order valence-electron chi connectivity index (χ4n) is 11.6. The molecule has 12 N–H and O–H groups in total. The molecule has 3 heterocycles. The van der Waals surface area contributed by atoms with E-state index in [0.717, 1.165) is 77.0 Å². The highest BCUT2D eigenvalue weighted by atomic mass is 16.8. The van der Waals surface area contributed by atoms with Gasteiger partial charge in [0.05, 0.1) is 38.6 Å². The van der Waals surface area contributed by atoms with Gasteiger partial charge in [0.1, 0.15) is 73.2 Å². The number of aliphatic hydroxyl groups is 11. The molecule has 0 saturated carbocycles. The van der Waals surface area contributed by atoms with E-state index in [-0.39, 0.29) is 18.9 Å². The third kappa shape index (κ3) is 32.7. The van der Waals surface area contributed by atoms with Gasteiger partial charge in [0.2, 0.25) is 5.91 Å². The molecule has 0 bridgehead atoms. The van der Waals surface area contributed by atoms with E-state index in [1.165, 1.54) is 135 Å². The Hall–Kier alpha value is -2.25. The van der Waals surface area contributed by atoms with Crippen molar-refractivity contribution in [2.24, 2.45) is 0 Å². The van der Waals surface area contributed by atoms with Crippen LogP contribution in [0.2, 0.25) is 0 Å². The quantitative estimate of drug-likeness (QED) is 0.0200. The van der Waals surface area contributed by atoms with E-state index in [4.69, 9.17) is 28.4 Å². The van der Waals surface area contributed by atoms with Gasteiger partial charge in [0.25, 0.3) is 0 Å². The molecule has 3 fully saturated rings. The fourth-order valence-corrected chi connectivity index (χ4v) is 11.6. The summed E-state index contributed by atoms with van der Waals surface area (Å²) in [5.74, 6) is -0.245. The normalized spacial score (nSPS) is 28.9. The first-order chi connectivity index (χ1) is 42.3. The Balaban J connectivity index is 1.43. The largest absolute Gasteiger partial charge is 0.394 e. The van der Waals surface area contributed by atoms with Gasteiger partial charge < -0.3 is 89.9 Å². The molecule has 1 amide bonds. The number of carbonyl (C=O) groups excluding carboxylic acids is 1. The van der Waals surface area contributed by atoms with E-state index in [9.17, 15) is 61.0 Å². The molecule has 508 valence electrons. The number of allylic oxidation sites excluding steroid dienone is 8. The molecule has 19 nitrogen and oxygen atoms in total. The molecule has 0 aromatic heterocycles. The van der Waals surface area contributed by atoms with E-state index >= 15 is 0 Å². The highest BCUT2D eigenvalue weighted by molar-refractivity contribution is 5.76. The topological polar surface area (TPSA) is 307 Å². The zero-order valence-corrected chi connectivity index (χ0v) is 53.5. The van der Waals surface area contributed by atoms with Crippen LogP contribution in [0.3, 0.4) is 0 Å². The van der Waals surface area contributed by atoms with E-state index < -0.39 is 124 Å². The third-order valence-corrected chi connectivity index (χ3v) is 17.2. The molecule has 3 aliphatic heterocycles. The maximum atomic E-state index is 13.4. The maximum absolute atomic E-state index is 13.4. The van der Waals surface area contributed by atoms with E-state index in [0.29, 0.717) is 12.8 Å². The summed E-state index contributed by atoms with van der Waals surface area (Å²) in [5.41, 5.74) is 0. The van der Waals surface area contributed by atoms with Crippen LogP contribution >= 0.6 is 0 Å². The van der Waals surface area contributed by atoms with Gasteiger partial charge in [0, 0.05) is 6.42 Å². The zero-order chi connectivity index (χ0) is 63.3. The standard InChI is InChI=1S/C68H123NO18/c1-3-5-7-9-11-13-15-17-19-21-22-23-24-25-26-27-28-30-32-34-36-38-40-42-44-46-56(74)69-51(52(73)45-43-41-39-37-35-33-31-29-20-18-16-14-12-10-8-6-4-2)50-82-66-62(80)59(77)64(54(48-71)84-66)87-68-63(81)60(78)65(55(49-72)85-68)86-67-61(79)58(76)57(75)53(47-70)83-67/h5,7,11,13,17,19,22-23,51-55,57-68,70-73,75-81H,3-4,6,8-10,12,14-16,18,20-21,24-50H2,1-2H3,(H,69,74)/b7-5-,13-11-,19-17-,23-22-. The lowest BCUT2D eigenvalue weighted by Crippen LogP contribution is -2.66. The SMILES string of the molecule is CC/C=C\C/C=C\C/C=C\C/C=C\CCCCCCCCCCCCCCC(=O)NC(COC1OC(CO)C(OC2OC(CO)C(OC3OC(CO)C(O)C(O)C3O)C(O)C2O)C(O)C1O)C(O)CCCCCCCCCCCCCCCCCCC. The van der Waals surface area contributed by atoms with Crippen LogP contribution in [0.5, 0.6) is 0 Å². The Bertz CT molecular complexity index is 1770. The van der Waals surface area contributed by atoms with Crippen molar-refractivity contribution in [1.82, 2.24) is 5.32 Å².